The molecule has 0 aliphatic carbocycles. The highest BCUT2D eigenvalue weighted by atomic mass is 35.6. The van der Waals surface area contributed by atoms with Crippen molar-refractivity contribution >= 4 is 23.6 Å². The summed E-state index contributed by atoms with van der Waals surface area (Å²) in [7, 11) is -1.62. The molecular formula is C10H15ClSi. The minimum absolute atomic E-state index is 1.31. The second kappa shape index (κ2) is 3.23. The van der Waals surface area contributed by atoms with Crippen LogP contribution in [0.25, 0.3) is 0 Å². The molecule has 12 heavy (non-hydrogen) atoms. The average Bonchev–Trinajstić information content (AvgIpc) is 1.82. The fourth-order valence-electron chi connectivity index (χ4n) is 1.32. The second-order valence-corrected chi connectivity index (χ2v) is 10.2. The molecule has 0 aliphatic heterocycles. The highest BCUT2D eigenvalue weighted by Crippen LogP contribution is 2.11. The number of halogens is 1. The van der Waals surface area contributed by atoms with Gasteiger partial charge in [0.05, 0.1) is 0 Å². The molecule has 0 spiro atoms. The molecule has 0 nitrogen and oxygen atoms in total. The van der Waals surface area contributed by atoms with Crippen molar-refractivity contribution < 1.29 is 0 Å². The molecule has 1 aromatic carbocycles. The molecule has 0 unspecified atom stereocenters. The summed E-state index contributed by atoms with van der Waals surface area (Å²) in [5.41, 5.74) is 2.62. The Morgan fingerprint density at radius 2 is 1.42 bits per heavy atom. The lowest BCUT2D eigenvalue weighted by molar-refractivity contribution is 1.40. The summed E-state index contributed by atoms with van der Waals surface area (Å²) in [4.78, 5) is 0. The van der Waals surface area contributed by atoms with Gasteiger partial charge in [0.1, 0.15) is 0 Å². The first-order valence-electron chi connectivity index (χ1n) is 4.17. The maximum Gasteiger partial charge on any atom is 0.180 e. The molecule has 0 saturated carbocycles. The molecule has 1 aromatic rings. The lowest BCUT2D eigenvalue weighted by Crippen LogP contribution is -2.35. The van der Waals surface area contributed by atoms with Gasteiger partial charge in [0.25, 0.3) is 0 Å². The average molecular weight is 199 g/mol. The van der Waals surface area contributed by atoms with Gasteiger partial charge in [-0.05, 0) is 19.0 Å². The number of hydrogen-bond donors (Lipinski definition) is 0. The van der Waals surface area contributed by atoms with Crippen molar-refractivity contribution in [1.82, 2.24) is 0 Å². The molecule has 2 heteroatoms. The Balaban J connectivity index is 3.18. The molecule has 0 aromatic heterocycles. The zero-order valence-corrected chi connectivity index (χ0v) is 9.87. The SMILES string of the molecule is Cc1cc(C)cc([Si](C)(C)Cl)c1. The topological polar surface area (TPSA) is 0 Å². The van der Waals surface area contributed by atoms with E-state index in [4.69, 9.17) is 11.1 Å². The van der Waals surface area contributed by atoms with Crippen molar-refractivity contribution in [3.8, 4) is 0 Å². The second-order valence-electron chi connectivity index (χ2n) is 3.85. The van der Waals surface area contributed by atoms with E-state index < -0.39 is 7.38 Å². The molecule has 0 atom stereocenters. The van der Waals surface area contributed by atoms with Gasteiger partial charge < -0.3 is 0 Å². The van der Waals surface area contributed by atoms with Crippen molar-refractivity contribution in [3.63, 3.8) is 0 Å². The van der Waals surface area contributed by atoms with Gasteiger partial charge >= 0.3 is 0 Å². The molecule has 0 fully saturated rings. The van der Waals surface area contributed by atoms with Crippen LogP contribution >= 0.6 is 11.1 Å². The number of hydrogen-bond acceptors (Lipinski definition) is 0. The summed E-state index contributed by atoms with van der Waals surface area (Å²) in [5.74, 6) is 0. The van der Waals surface area contributed by atoms with Crippen LogP contribution < -0.4 is 5.19 Å². The Bertz CT molecular complexity index is 266. The summed E-state index contributed by atoms with van der Waals surface area (Å²) in [6, 6.07) is 6.58. The van der Waals surface area contributed by atoms with Crippen LogP contribution in [0.5, 0.6) is 0 Å². The predicted octanol–water partition coefficient (Wildman–Crippen LogP) is 2.95. The first kappa shape index (κ1) is 9.81. The summed E-state index contributed by atoms with van der Waals surface area (Å²) in [5, 5.41) is 1.33. The van der Waals surface area contributed by atoms with Gasteiger partial charge in [-0.1, -0.05) is 42.4 Å². The molecule has 0 amide bonds. The van der Waals surface area contributed by atoms with E-state index in [-0.39, 0.29) is 0 Å². The van der Waals surface area contributed by atoms with E-state index in [9.17, 15) is 0 Å². The zero-order valence-electron chi connectivity index (χ0n) is 8.11. The van der Waals surface area contributed by atoms with Crippen molar-refractivity contribution in [3.05, 3.63) is 29.3 Å². The van der Waals surface area contributed by atoms with E-state index >= 15 is 0 Å². The van der Waals surface area contributed by atoms with E-state index in [1.807, 2.05) is 0 Å². The van der Waals surface area contributed by atoms with E-state index in [0.717, 1.165) is 0 Å². The quantitative estimate of drug-likeness (QED) is 0.481. The van der Waals surface area contributed by atoms with E-state index in [2.05, 4.69) is 45.1 Å². The first-order valence-corrected chi connectivity index (χ1v) is 8.18. The third-order valence-corrected chi connectivity index (χ3v) is 4.22. The molecule has 0 saturated heterocycles. The van der Waals surface area contributed by atoms with E-state index in [1.165, 1.54) is 16.3 Å². The van der Waals surface area contributed by atoms with Gasteiger partial charge in [-0.3, -0.25) is 0 Å². The number of aryl methyl sites for hydroxylation is 2. The molecule has 66 valence electrons. The van der Waals surface area contributed by atoms with Crippen LogP contribution in [-0.2, 0) is 0 Å². The third-order valence-electron chi connectivity index (χ3n) is 1.91. The smallest absolute Gasteiger partial charge is 0.162 e. The fraction of sp³-hybridized carbons (Fsp3) is 0.400. The zero-order chi connectivity index (χ0) is 9.35. The summed E-state index contributed by atoms with van der Waals surface area (Å²) in [6.07, 6.45) is 0. The van der Waals surface area contributed by atoms with Crippen LogP contribution in [0.3, 0.4) is 0 Å². The standard InChI is InChI=1S/C10H15ClSi/c1-8-5-9(2)7-10(6-8)12(3,4)11/h5-7H,1-4H3. The van der Waals surface area contributed by atoms with Gasteiger partial charge in [0.2, 0.25) is 0 Å². The summed E-state index contributed by atoms with van der Waals surface area (Å²) < 4.78 is 0. The molecule has 0 aliphatic rings. The molecule has 1 rings (SSSR count). The Hall–Kier alpha value is -0.273. The van der Waals surface area contributed by atoms with E-state index in [0.29, 0.717) is 0 Å². The predicted molar refractivity (Wildman–Crippen MR) is 58.9 cm³/mol. The van der Waals surface area contributed by atoms with Gasteiger partial charge in [0, 0.05) is 0 Å². The lowest BCUT2D eigenvalue weighted by atomic mass is 10.2. The van der Waals surface area contributed by atoms with Gasteiger partial charge in [0.15, 0.2) is 7.38 Å². The minimum Gasteiger partial charge on any atom is -0.162 e. The van der Waals surface area contributed by atoms with Crippen LogP contribution in [-0.4, -0.2) is 7.38 Å². The summed E-state index contributed by atoms with van der Waals surface area (Å²) >= 11 is 6.34. The van der Waals surface area contributed by atoms with Gasteiger partial charge in [-0.2, -0.15) is 11.1 Å². The molecule has 0 heterocycles. The van der Waals surface area contributed by atoms with Crippen LogP contribution in [0.15, 0.2) is 18.2 Å². The maximum absolute atomic E-state index is 6.34. The summed E-state index contributed by atoms with van der Waals surface area (Å²) in [6.45, 7) is 8.55. The van der Waals surface area contributed by atoms with Crippen LogP contribution in [0.1, 0.15) is 11.1 Å². The van der Waals surface area contributed by atoms with Crippen molar-refractivity contribution in [1.29, 1.82) is 0 Å². The van der Waals surface area contributed by atoms with Gasteiger partial charge in [-0.25, -0.2) is 0 Å². The lowest BCUT2D eigenvalue weighted by Gasteiger charge is -2.14. The number of rotatable bonds is 1. The Morgan fingerprint density at radius 3 is 1.75 bits per heavy atom. The first-order chi connectivity index (χ1) is 5.39. The highest BCUT2D eigenvalue weighted by molar-refractivity contribution is 7.26. The monoisotopic (exact) mass is 198 g/mol. The maximum atomic E-state index is 6.34. The molecule has 0 radical (unpaired) electrons. The Labute approximate surface area is 80.3 Å². The minimum atomic E-state index is -1.62. The Kier molecular flexibility index (Phi) is 2.64. The molecule has 0 N–H and O–H groups in total. The van der Waals surface area contributed by atoms with Gasteiger partial charge in [-0.15, -0.1) is 0 Å². The van der Waals surface area contributed by atoms with Crippen molar-refractivity contribution in [2.75, 3.05) is 0 Å². The number of benzene rings is 1. The van der Waals surface area contributed by atoms with Crippen LogP contribution in [0.4, 0.5) is 0 Å². The van der Waals surface area contributed by atoms with Crippen molar-refractivity contribution in [2.45, 2.75) is 26.9 Å². The Morgan fingerprint density at radius 1 is 1.00 bits per heavy atom. The molecule has 0 bridgehead atoms. The van der Waals surface area contributed by atoms with Crippen LogP contribution in [0, 0.1) is 13.8 Å². The van der Waals surface area contributed by atoms with Crippen molar-refractivity contribution in [2.24, 2.45) is 0 Å². The fourth-order valence-corrected chi connectivity index (χ4v) is 2.79. The van der Waals surface area contributed by atoms with Crippen LogP contribution in [0.2, 0.25) is 13.1 Å². The third kappa shape index (κ3) is 2.36. The highest BCUT2D eigenvalue weighted by Gasteiger charge is 2.19. The molecular weight excluding hydrogens is 184 g/mol. The largest absolute Gasteiger partial charge is 0.180 e. The van der Waals surface area contributed by atoms with E-state index in [1.54, 1.807) is 0 Å². The normalized spacial score (nSPS) is 11.8.